The highest BCUT2D eigenvalue weighted by Crippen LogP contribution is 2.16. The van der Waals surface area contributed by atoms with Crippen molar-refractivity contribution in [1.82, 2.24) is 0 Å². The Morgan fingerprint density at radius 2 is 1.17 bits per heavy atom. The largest absolute Gasteiger partial charge is 0.508 e. The van der Waals surface area contributed by atoms with Gasteiger partial charge in [0.05, 0.1) is 0 Å². The molecule has 0 atom stereocenters. The van der Waals surface area contributed by atoms with E-state index in [4.69, 9.17) is 21.8 Å². The van der Waals surface area contributed by atoms with Gasteiger partial charge in [-0.15, -0.1) is 0 Å². The van der Waals surface area contributed by atoms with Crippen molar-refractivity contribution < 1.29 is 19.8 Å². The lowest BCUT2D eigenvalue weighted by molar-refractivity contribution is -0.137. The molecule has 0 heterocycles. The third kappa shape index (κ3) is 11.6. The highest BCUT2D eigenvalue weighted by atomic mass is 35.5. The summed E-state index contributed by atoms with van der Waals surface area (Å²) < 4.78 is 0. The molecule has 2 aromatic carbocycles. The lowest BCUT2D eigenvalue weighted by Crippen LogP contribution is -2.00. The second-order valence-electron chi connectivity index (χ2n) is 7.36. The molecular formula is C25H33ClO4. The maximum Gasteiger partial charge on any atom is 0.303 e. The molecule has 0 saturated heterocycles. The normalized spacial score (nSPS) is 10.2. The highest BCUT2D eigenvalue weighted by molar-refractivity contribution is 6.30. The second-order valence-corrected chi connectivity index (χ2v) is 7.79. The number of phenols is 1. The molecule has 5 heteroatoms. The molecule has 4 nitrogen and oxygen atoms in total. The molecule has 0 aliphatic carbocycles. The monoisotopic (exact) mass is 432 g/mol. The average molecular weight is 433 g/mol. The Kier molecular flexibility index (Phi) is 13.3. The minimum Gasteiger partial charge on any atom is -0.508 e. The van der Waals surface area contributed by atoms with Crippen LogP contribution in [0.5, 0.6) is 5.75 Å². The number of carboxylic acid groups (broad SMARTS) is 1. The van der Waals surface area contributed by atoms with E-state index in [1.54, 1.807) is 36.4 Å². The summed E-state index contributed by atoms with van der Waals surface area (Å²) in [6, 6.07) is 12.9. The van der Waals surface area contributed by atoms with Crippen molar-refractivity contribution in [3.8, 4) is 5.75 Å². The molecule has 0 aliphatic rings. The van der Waals surface area contributed by atoms with Crippen LogP contribution >= 0.6 is 11.6 Å². The van der Waals surface area contributed by atoms with Crippen LogP contribution in [0.1, 0.15) is 87.1 Å². The molecule has 0 aliphatic heterocycles. The van der Waals surface area contributed by atoms with Crippen LogP contribution < -0.4 is 0 Å². The van der Waals surface area contributed by atoms with Crippen LogP contribution in [0.2, 0.25) is 5.02 Å². The second kappa shape index (κ2) is 15.5. The van der Waals surface area contributed by atoms with Crippen molar-refractivity contribution in [2.75, 3.05) is 0 Å². The van der Waals surface area contributed by atoms with Gasteiger partial charge >= 0.3 is 5.97 Å². The standard InChI is InChI=1S/C13H9ClO2.C12H24O2/c14-11-5-1-9(2-6-11)13(16)10-3-7-12(15)8-4-10;1-2-3-4-5-6-7-8-9-10-11-12(13)14/h1-8,15H;2-11H2,1H3,(H,13,14). The summed E-state index contributed by atoms with van der Waals surface area (Å²) in [5, 5.41) is 18.1. The predicted molar refractivity (Wildman–Crippen MR) is 122 cm³/mol. The molecule has 0 aromatic heterocycles. The number of halogens is 1. The number of carboxylic acids is 1. The first-order valence-electron chi connectivity index (χ1n) is 10.7. The van der Waals surface area contributed by atoms with Gasteiger partial charge in [-0.1, -0.05) is 69.9 Å². The van der Waals surface area contributed by atoms with E-state index in [0.29, 0.717) is 22.6 Å². The number of phenolic OH excluding ortho intramolecular Hbond substituents is 1. The number of ketones is 1. The van der Waals surface area contributed by atoms with Crippen LogP contribution in [0.3, 0.4) is 0 Å². The smallest absolute Gasteiger partial charge is 0.303 e. The summed E-state index contributed by atoms with van der Waals surface area (Å²) in [5.41, 5.74) is 1.12. The third-order valence-electron chi connectivity index (χ3n) is 4.73. The summed E-state index contributed by atoms with van der Waals surface area (Å²) in [6.07, 6.45) is 11.5. The van der Waals surface area contributed by atoms with Crippen LogP contribution in [-0.4, -0.2) is 22.0 Å². The van der Waals surface area contributed by atoms with Crippen molar-refractivity contribution >= 4 is 23.4 Å². The third-order valence-corrected chi connectivity index (χ3v) is 4.98. The number of carbonyl (C=O) groups is 2. The quantitative estimate of drug-likeness (QED) is 0.273. The summed E-state index contributed by atoms with van der Waals surface area (Å²) in [6.45, 7) is 2.23. The molecule has 0 fully saturated rings. The Labute approximate surface area is 184 Å². The van der Waals surface area contributed by atoms with Crippen molar-refractivity contribution in [3.63, 3.8) is 0 Å². The summed E-state index contributed by atoms with van der Waals surface area (Å²) >= 11 is 5.74. The van der Waals surface area contributed by atoms with E-state index >= 15 is 0 Å². The number of benzene rings is 2. The Balaban J connectivity index is 0.000000304. The number of rotatable bonds is 12. The SMILES string of the molecule is CCCCCCCCCCCC(=O)O.O=C(c1ccc(O)cc1)c1ccc(Cl)cc1. The number of hydrogen-bond acceptors (Lipinski definition) is 3. The van der Waals surface area contributed by atoms with E-state index in [1.165, 1.54) is 57.1 Å². The first-order valence-corrected chi connectivity index (χ1v) is 11.1. The van der Waals surface area contributed by atoms with Gasteiger partial charge in [0.2, 0.25) is 0 Å². The summed E-state index contributed by atoms with van der Waals surface area (Å²) in [4.78, 5) is 22.2. The van der Waals surface area contributed by atoms with Gasteiger partial charge in [-0.2, -0.15) is 0 Å². The van der Waals surface area contributed by atoms with Crippen LogP contribution in [0.4, 0.5) is 0 Å². The summed E-state index contributed by atoms with van der Waals surface area (Å²) in [5.74, 6) is -0.600. The molecule has 2 rings (SSSR count). The lowest BCUT2D eigenvalue weighted by Gasteiger charge is -2.01. The maximum absolute atomic E-state index is 11.9. The Morgan fingerprint density at radius 3 is 1.63 bits per heavy atom. The first kappa shape index (κ1) is 25.7. The van der Waals surface area contributed by atoms with Crippen molar-refractivity contribution in [2.45, 2.75) is 71.1 Å². The zero-order valence-corrected chi connectivity index (χ0v) is 18.5. The van der Waals surface area contributed by atoms with Crippen molar-refractivity contribution in [2.24, 2.45) is 0 Å². The van der Waals surface area contributed by atoms with Crippen LogP contribution in [-0.2, 0) is 4.79 Å². The molecule has 0 unspecified atom stereocenters. The minimum absolute atomic E-state index is 0.0864. The van der Waals surface area contributed by atoms with Gasteiger partial charge in [0.15, 0.2) is 5.78 Å². The molecule has 0 spiro atoms. The van der Waals surface area contributed by atoms with Crippen LogP contribution in [0.25, 0.3) is 0 Å². The molecule has 164 valence electrons. The highest BCUT2D eigenvalue weighted by Gasteiger charge is 2.08. The fourth-order valence-electron chi connectivity index (χ4n) is 2.97. The minimum atomic E-state index is -0.659. The molecule has 2 N–H and O–H groups in total. The van der Waals surface area contributed by atoms with E-state index in [1.807, 2.05) is 0 Å². The zero-order valence-electron chi connectivity index (χ0n) is 17.8. The predicted octanol–water partition coefficient (Wildman–Crippen LogP) is 7.27. The molecule has 30 heavy (non-hydrogen) atoms. The van der Waals surface area contributed by atoms with Crippen LogP contribution in [0.15, 0.2) is 48.5 Å². The van der Waals surface area contributed by atoms with Gasteiger partial charge in [0.1, 0.15) is 5.75 Å². The Bertz CT molecular complexity index is 691. The van der Waals surface area contributed by atoms with E-state index in [0.717, 1.165) is 12.8 Å². The lowest BCUT2D eigenvalue weighted by atomic mass is 10.0. The number of carbonyl (C=O) groups excluding carboxylic acids is 1. The van der Waals surface area contributed by atoms with Crippen LogP contribution in [0, 0.1) is 0 Å². The fourth-order valence-corrected chi connectivity index (χ4v) is 3.09. The molecular weight excluding hydrogens is 400 g/mol. The number of unbranched alkanes of at least 4 members (excludes halogenated alkanes) is 8. The maximum atomic E-state index is 11.9. The van der Waals surface area contributed by atoms with Gasteiger partial charge in [-0.05, 0) is 55.0 Å². The Morgan fingerprint density at radius 1 is 0.733 bits per heavy atom. The van der Waals surface area contributed by atoms with E-state index < -0.39 is 5.97 Å². The van der Waals surface area contributed by atoms with E-state index in [-0.39, 0.29) is 11.5 Å². The molecule has 0 saturated carbocycles. The number of hydrogen-bond donors (Lipinski definition) is 2. The topological polar surface area (TPSA) is 74.6 Å². The van der Waals surface area contributed by atoms with Crippen molar-refractivity contribution in [1.29, 1.82) is 0 Å². The Hall–Kier alpha value is -2.33. The fraction of sp³-hybridized carbons (Fsp3) is 0.440. The average Bonchev–Trinajstić information content (AvgIpc) is 2.73. The van der Waals surface area contributed by atoms with Crippen molar-refractivity contribution in [3.05, 3.63) is 64.7 Å². The molecule has 2 aromatic rings. The summed E-state index contributed by atoms with van der Waals surface area (Å²) in [7, 11) is 0. The zero-order chi connectivity index (χ0) is 22.2. The van der Waals surface area contributed by atoms with Gasteiger partial charge in [-0.25, -0.2) is 0 Å². The van der Waals surface area contributed by atoms with Gasteiger partial charge in [-0.3, -0.25) is 9.59 Å². The molecule has 0 bridgehead atoms. The van der Waals surface area contributed by atoms with Gasteiger partial charge < -0.3 is 10.2 Å². The number of aliphatic carboxylic acids is 1. The van der Waals surface area contributed by atoms with Gasteiger partial charge in [0.25, 0.3) is 0 Å². The van der Waals surface area contributed by atoms with E-state index in [9.17, 15) is 9.59 Å². The first-order chi connectivity index (χ1) is 14.4. The number of aromatic hydroxyl groups is 1. The van der Waals surface area contributed by atoms with Gasteiger partial charge in [0, 0.05) is 22.6 Å². The molecule has 0 amide bonds. The van der Waals surface area contributed by atoms with E-state index in [2.05, 4.69) is 6.92 Å². The molecule has 0 radical (unpaired) electrons.